The summed E-state index contributed by atoms with van der Waals surface area (Å²) in [6.45, 7) is 0. The minimum Gasteiger partial charge on any atom is -0.871 e. The second kappa shape index (κ2) is 8.31. The molecule has 31 heavy (non-hydrogen) atoms. The fourth-order valence-corrected chi connectivity index (χ4v) is 4.36. The van der Waals surface area contributed by atoms with E-state index in [9.17, 15) is 20.0 Å². The molecule has 0 radical (unpaired) electrons. The number of non-ortho nitro benzene ring substituents is 1. The molecule has 1 amide bonds. The summed E-state index contributed by atoms with van der Waals surface area (Å²) in [6, 6.07) is 21.9. The van der Waals surface area contributed by atoms with Crippen LogP contribution in [0.5, 0.6) is 5.75 Å². The molecule has 1 N–H and O–H groups in total. The Bertz CT molecular complexity index is 1130. The van der Waals surface area contributed by atoms with Gasteiger partial charge in [-0.05, 0) is 23.1 Å². The molecule has 1 fully saturated rings. The van der Waals surface area contributed by atoms with Crippen molar-refractivity contribution in [3.63, 3.8) is 0 Å². The van der Waals surface area contributed by atoms with E-state index in [0.717, 1.165) is 29.5 Å². The first-order valence-electron chi connectivity index (χ1n) is 9.52. The summed E-state index contributed by atoms with van der Waals surface area (Å²) in [7, 11) is 0. The van der Waals surface area contributed by atoms with Gasteiger partial charge in [0, 0.05) is 22.0 Å². The second-order valence-electron chi connectivity index (χ2n) is 7.30. The zero-order valence-electron chi connectivity index (χ0n) is 16.2. The smallest absolute Gasteiger partial charge is 0.271 e. The number of benzene rings is 3. The Kier molecular flexibility index (Phi) is 5.56. The number of amides is 1. The first-order chi connectivity index (χ1) is 14.9. The molecule has 0 bridgehead atoms. The SMILES string of the molecule is O=C(NN=Cc1cc([N+](=O)[O-])cc(Br)c1[O-])C1CC1(c1ccccc1)c1ccccc1. The van der Waals surface area contributed by atoms with E-state index in [1.165, 1.54) is 0 Å². The summed E-state index contributed by atoms with van der Waals surface area (Å²) in [5.41, 5.74) is 3.93. The molecular weight excluding hydrogens is 462 g/mol. The third kappa shape index (κ3) is 3.94. The highest BCUT2D eigenvalue weighted by Gasteiger charge is 2.60. The Morgan fingerprint density at radius 2 is 1.68 bits per heavy atom. The number of rotatable bonds is 6. The van der Waals surface area contributed by atoms with E-state index in [1.807, 2.05) is 60.7 Å². The van der Waals surface area contributed by atoms with Crippen LogP contribution in [-0.2, 0) is 10.2 Å². The zero-order chi connectivity index (χ0) is 22.0. The number of carbonyl (C=O) groups excluding carboxylic acids is 1. The number of nitro benzene ring substituents is 1. The van der Waals surface area contributed by atoms with Crippen molar-refractivity contribution < 1.29 is 14.8 Å². The zero-order valence-corrected chi connectivity index (χ0v) is 17.8. The van der Waals surface area contributed by atoms with E-state index < -0.39 is 16.1 Å². The molecular formula is C23H17BrN3O4-. The van der Waals surface area contributed by atoms with Gasteiger partial charge in [0.05, 0.1) is 17.1 Å². The van der Waals surface area contributed by atoms with Crippen LogP contribution in [0.15, 0.2) is 82.4 Å². The number of hydrazone groups is 1. The molecule has 0 heterocycles. The molecule has 3 aromatic rings. The monoisotopic (exact) mass is 478 g/mol. The summed E-state index contributed by atoms with van der Waals surface area (Å²) in [6.07, 6.45) is 1.77. The summed E-state index contributed by atoms with van der Waals surface area (Å²) in [5, 5.41) is 27.1. The molecule has 1 aliphatic rings. The van der Waals surface area contributed by atoms with E-state index in [2.05, 4.69) is 26.5 Å². The predicted molar refractivity (Wildman–Crippen MR) is 118 cm³/mol. The summed E-state index contributed by atoms with van der Waals surface area (Å²) < 4.78 is 0.0591. The lowest BCUT2D eigenvalue weighted by molar-refractivity contribution is -0.385. The molecule has 0 aliphatic heterocycles. The summed E-state index contributed by atoms with van der Waals surface area (Å²) >= 11 is 3.02. The Morgan fingerprint density at radius 1 is 1.10 bits per heavy atom. The Hall–Kier alpha value is -3.52. The standard InChI is InChI=1S/C23H18BrN3O4/c24-20-12-18(27(30)31)11-15(21(20)28)14-25-26-22(29)19-13-23(19,16-7-3-1-4-8-16)17-9-5-2-6-10-17/h1-12,14,19,28H,13H2,(H,26,29)/p-1. The van der Waals surface area contributed by atoms with Gasteiger partial charge in [0.2, 0.25) is 5.91 Å². The molecule has 0 spiro atoms. The highest BCUT2D eigenvalue weighted by molar-refractivity contribution is 9.10. The molecule has 0 saturated heterocycles. The quantitative estimate of drug-likeness (QED) is 0.329. The number of nitrogens with one attached hydrogen (secondary N) is 1. The first kappa shape index (κ1) is 20.7. The van der Waals surface area contributed by atoms with Gasteiger partial charge < -0.3 is 5.11 Å². The van der Waals surface area contributed by atoms with Crippen LogP contribution in [0.3, 0.4) is 0 Å². The van der Waals surface area contributed by atoms with Crippen molar-refractivity contribution >= 4 is 33.7 Å². The molecule has 1 aliphatic carbocycles. The largest absolute Gasteiger partial charge is 0.871 e. The van der Waals surface area contributed by atoms with Crippen LogP contribution in [0.1, 0.15) is 23.1 Å². The number of carbonyl (C=O) groups is 1. The number of halogens is 1. The van der Waals surface area contributed by atoms with Crippen LogP contribution >= 0.6 is 15.9 Å². The van der Waals surface area contributed by atoms with Gasteiger partial charge in [-0.1, -0.05) is 82.3 Å². The van der Waals surface area contributed by atoms with E-state index in [0.29, 0.717) is 6.42 Å². The number of nitrogens with zero attached hydrogens (tertiary/aromatic N) is 2. The average molecular weight is 479 g/mol. The molecule has 7 nitrogen and oxygen atoms in total. The minimum atomic E-state index is -0.599. The molecule has 8 heteroatoms. The summed E-state index contributed by atoms with van der Waals surface area (Å²) in [4.78, 5) is 23.3. The fraction of sp³-hybridized carbons (Fsp3) is 0.130. The molecule has 1 saturated carbocycles. The highest BCUT2D eigenvalue weighted by atomic mass is 79.9. The minimum absolute atomic E-state index is 0.00885. The Labute approximate surface area is 186 Å². The van der Waals surface area contributed by atoms with Gasteiger partial charge in [0.1, 0.15) is 0 Å². The summed E-state index contributed by atoms with van der Waals surface area (Å²) in [5.74, 6) is -1.04. The van der Waals surface area contributed by atoms with Crippen molar-refractivity contribution in [2.75, 3.05) is 0 Å². The maximum absolute atomic E-state index is 12.9. The lowest BCUT2D eigenvalue weighted by Gasteiger charge is -2.18. The van der Waals surface area contributed by atoms with Crippen LogP contribution in [0.2, 0.25) is 0 Å². The molecule has 1 unspecified atom stereocenters. The normalized spacial score (nSPS) is 16.7. The Balaban J connectivity index is 1.55. The van der Waals surface area contributed by atoms with Gasteiger partial charge in [-0.2, -0.15) is 5.10 Å². The van der Waals surface area contributed by atoms with Crippen LogP contribution in [0.25, 0.3) is 0 Å². The van der Waals surface area contributed by atoms with Crippen molar-refractivity contribution in [2.24, 2.45) is 11.0 Å². The third-order valence-electron chi connectivity index (χ3n) is 5.50. The van der Waals surface area contributed by atoms with E-state index >= 15 is 0 Å². The maximum Gasteiger partial charge on any atom is 0.271 e. The van der Waals surface area contributed by atoms with Crippen molar-refractivity contribution in [2.45, 2.75) is 11.8 Å². The van der Waals surface area contributed by atoms with Gasteiger partial charge in [-0.15, -0.1) is 0 Å². The molecule has 3 aromatic carbocycles. The number of hydrogen-bond donors (Lipinski definition) is 1. The average Bonchev–Trinajstić information content (AvgIpc) is 3.55. The van der Waals surface area contributed by atoms with Crippen LogP contribution < -0.4 is 10.5 Å². The molecule has 1 atom stereocenters. The van der Waals surface area contributed by atoms with E-state index in [1.54, 1.807) is 0 Å². The van der Waals surface area contributed by atoms with Crippen molar-refractivity contribution in [1.82, 2.24) is 5.43 Å². The third-order valence-corrected chi connectivity index (χ3v) is 6.09. The van der Waals surface area contributed by atoms with Gasteiger partial charge in [0.25, 0.3) is 5.69 Å². The second-order valence-corrected chi connectivity index (χ2v) is 8.15. The molecule has 0 aromatic heterocycles. The van der Waals surface area contributed by atoms with Crippen molar-refractivity contribution in [1.29, 1.82) is 0 Å². The number of hydrogen-bond acceptors (Lipinski definition) is 5. The lowest BCUT2D eigenvalue weighted by atomic mass is 9.85. The Morgan fingerprint density at radius 3 is 2.23 bits per heavy atom. The van der Waals surface area contributed by atoms with Crippen molar-refractivity contribution in [3.05, 3.63) is 104 Å². The van der Waals surface area contributed by atoms with Crippen molar-refractivity contribution in [3.8, 4) is 5.75 Å². The van der Waals surface area contributed by atoms with Crippen LogP contribution in [-0.4, -0.2) is 17.0 Å². The highest BCUT2D eigenvalue weighted by Crippen LogP contribution is 2.58. The first-order valence-corrected chi connectivity index (χ1v) is 10.3. The van der Waals surface area contributed by atoms with E-state index in [-0.39, 0.29) is 27.5 Å². The lowest BCUT2D eigenvalue weighted by Crippen LogP contribution is -2.25. The van der Waals surface area contributed by atoms with Gasteiger partial charge in [-0.3, -0.25) is 14.9 Å². The number of nitro groups is 1. The topological polar surface area (TPSA) is 108 Å². The molecule has 4 rings (SSSR count). The van der Waals surface area contributed by atoms with Gasteiger partial charge >= 0.3 is 0 Å². The van der Waals surface area contributed by atoms with E-state index in [4.69, 9.17) is 0 Å². The maximum atomic E-state index is 12.9. The van der Waals surface area contributed by atoms with Gasteiger partial charge in [0.15, 0.2) is 0 Å². The van der Waals surface area contributed by atoms with Crippen LogP contribution in [0.4, 0.5) is 5.69 Å². The van der Waals surface area contributed by atoms with Gasteiger partial charge in [-0.25, -0.2) is 5.43 Å². The predicted octanol–water partition coefficient (Wildman–Crippen LogP) is 3.89. The molecule has 156 valence electrons. The fourth-order valence-electron chi connectivity index (χ4n) is 3.90. The van der Waals surface area contributed by atoms with Crippen LogP contribution in [0, 0.1) is 16.0 Å².